The quantitative estimate of drug-likeness (QED) is 0.790. The fraction of sp³-hybridized carbons (Fsp3) is 0.625. The number of pyridine rings is 1. The summed E-state index contributed by atoms with van der Waals surface area (Å²) in [5, 5.41) is 0. The van der Waals surface area contributed by atoms with E-state index >= 15 is 0 Å². The van der Waals surface area contributed by atoms with E-state index in [1.807, 2.05) is 24.8 Å². The summed E-state index contributed by atoms with van der Waals surface area (Å²) in [4.78, 5) is 18.7. The van der Waals surface area contributed by atoms with Crippen LogP contribution in [0.15, 0.2) is 12.3 Å². The van der Waals surface area contributed by atoms with E-state index in [1.165, 1.54) is 0 Å². The molecule has 2 aliphatic rings. The molecule has 0 atom stereocenters. The predicted octanol–water partition coefficient (Wildman–Crippen LogP) is 1.72. The molecular formula is C16H22N2O3. The summed E-state index contributed by atoms with van der Waals surface area (Å²) in [6.45, 7) is 7.40. The van der Waals surface area contributed by atoms with E-state index in [2.05, 4.69) is 4.98 Å². The summed E-state index contributed by atoms with van der Waals surface area (Å²) < 4.78 is 11.4. The van der Waals surface area contributed by atoms with Crippen LogP contribution in [-0.2, 0) is 9.47 Å². The highest BCUT2D eigenvalue weighted by Gasteiger charge is 2.39. The summed E-state index contributed by atoms with van der Waals surface area (Å²) in [7, 11) is 0. The molecule has 2 saturated heterocycles. The summed E-state index contributed by atoms with van der Waals surface area (Å²) >= 11 is 0. The SMILES string of the molecule is Cc1cnc(C(=O)N2CCC3(CC2)COCCO3)cc1C. The second kappa shape index (κ2) is 5.73. The Morgan fingerprint density at radius 1 is 1.24 bits per heavy atom. The molecule has 21 heavy (non-hydrogen) atoms. The molecule has 5 heteroatoms. The van der Waals surface area contributed by atoms with Gasteiger partial charge in [0.25, 0.3) is 5.91 Å². The zero-order chi connectivity index (χ0) is 14.9. The van der Waals surface area contributed by atoms with Crippen molar-refractivity contribution in [2.45, 2.75) is 32.3 Å². The zero-order valence-corrected chi connectivity index (χ0v) is 12.7. The second-order valence-electron chi connectivity index (χ2n) is 6.03. The lowest BCUT2D eigenvalue weighted by Gasteiger charge is -2.43. The molecule has 1 aromatic rings. The third kappa shape index (κ3) is 2.94. The van der Waals surface area contributed by atoms with Gasteiger partial charge in [0, 0.05) is 19.3 Å². The number of amides is 1. The van der Waals surface area contributed by atoms with Crippen LogP contribution in [0.2, 0.25) is 0 Å². The fourth-order valence-electron chi connectivity index (χ4n) is 2.93. The lowest BCUT2D eigenvalue weighted by molar-refractivity contribution is -0.174. The average Bonchev–Trinajstić information content (AvgIpc) is 2.51. The number of aryl methyl sites for hydroxylation is 2. The van der Waals surface area contributed by atoms with Crippen molar-refractivity contribution >= 4 is 5.91 Å². The number of carbonyl (C=O) groups excluding carboxylic acids is 1. The van der Waals surface area contributed by atoms with Crippen molar-refractivity contribution in [3.8, 4) is 0 Å². The van der Waals surface area contributed by atoms with Crippen LogP contribution in [0.4, 0.5) is 0 Å². The van der Waals surface area contributed by atoms with Gasteiger partial charge in [0.15, 0.2) is 0 Å². The highest BCUT2D eigenvalue weighted by atomic mass is 16.6. The maximum Gasteiger partial charge on any atom is 0.272 e. The first kappa shape index (κ1) is 14.5. The monoisotopic (exact) mass is 290 g/mol. The first-order valence-electron chi connectivity index (χ1n) is 7.54. The van der Waals surface area contributed by atoms with Gasteiger partial charge in [-0.15, -0.1) is 0 Å². The Labute approximate surface area is 125 Å². The van der Waals surface area contributed by atoms with Crippen LogP contribution < -0.4 is 0 Å². The molecule has 0 aliphatic carbocycles. The first-order chi connectivity index (χ1) is 10.1. The molecule has 0 saturated carbocycles. The van der Waals surface area contributed by atoms with Crippen LogP contribution in [-0.4, -0.2) is 54.3 Å². The molecule has 0 N–H and O–H groups in total. The van der Waals surface area contributed by atoms with Crippen LogP contribution in [0.3, 0.4) is 0 Å². The van der Waals surface area contributed by atoms with E-state index in [0.717, 1.165) is 24.0 Å². The fourth-order valence-corrected chi connectivity index (χ4v) is 2.93. The summed E-state index contributed by atoms with van der Waals surface area (Å²) in [6.07, 6.45) is 3.44. The Balaban J connectivity index is 1.65. The minimum absolute atomic E-state index is 0.0182. The van der Waals surface area contributed by atoms with Gasteiger partial charge >= 0.3 is 0 Å². The van der Waals surface area contributed by atoms with Gasteiger partial charge in [0.1, 0.15) is 5.69 Å². The van der Waals surface area contributed by atoms with E-state index in [9.17, 15) is 4.79 Å². The summed E-state index contributed by atoms with van der Waals surface area (Å²) in [6, 6.07) is 1.88. The molecule has 1 amide bonds. The lowest BCUT2D eigenvalue weighted by atomic mass is 9.91. The van der Waals surface area contributed by atoms with E-state index in [-0.39, 0.29) is 11.5 Å². The molecule has 5 nitrogen and oxygen atoms in total. The van der Waals surface area contributed by atoms with Gasteiger partial charge in [0.2, 0.25) is 0 Å². The van der Waals surface area contributed by atoms with Gasteiger partial charge in [-0.05, 0) is 43.9 Å². The largest absolute Gasteiger partial charge is 0.376 e. The molecule has 2 fully saturated rings. The Hall–Kier alpha value is -1.46. The zero-order valence-electron chi connectivity index (χ0n) is 12.7. The number of aromatic nitrogens is 1. The lowest BCUT2D eigenvalue weighted by Crippen LogP contribution is -2.52. The highest BCUT2D eigenvalue weighted by molar-refractivity contribution is 5.92. The molecule has 0 aromatic carbocycles. The second-order valence-corrected chi connectivity index (χ2v) is 6.03. The highest BCUT2D eigenvalue weighted by Crippen LogP contribution is 2.29. The maximum absolute atomic E-state index is 12.5. The molecule has 3 rings (SSSR count). The van der Waals surface area contributed by atoms with Gasteiger partial charge in [0.05, 0.1) is 25.4 Å². The molecule has 2 aliphatic heterocycles. The molecule has 1 aromatic heterocycles. The molecule has 114 valence electrons. The van der Waals surface area contributed by atoms with Gasteiger partial charge in [-0.1, -0.05) is 0 Å². The Kier molecular flexibility index (Phi) is 3.95. The normalized spacial score (nSPS) is 21.5. The standard InChI is InChI=1S/C16H22N2O3/c1-12-9-14(17-10-13(12)2)15(19)18-5-3-16(4-6-18)11-20-7-8-21-16/h9-10H,3-8,11H2,1-2H3. The van der Waals surface area contributed by atoms with Crippen LogP contribution in [0.25, 0.3) is 0 Å². The maximum atomic E-state index is 12.5. The minimum Gasteiger partial charge on any atom is -0.376 e. The van der Waals surface area contributed by atoms with Crippen molar-refractivity contribution in [1.82, 2.24) is 9.88 Å². The van der Waals surface area contributed by atoms with Crippen LogP contribution >= 0.6 is 0 Å². The molecule has 3 heterocycles. The first-order valence-corrected chi connectivity index (χ1v) is 7.54. The van der Waals surface area contributed by atoms with E-state index in [4.69, 9.17) is 9.47 Å². The van der Waals surface area contributed by atoms with Gasteiger partial charge < -0.3 is 14.4 Å². The molecule has 0 bridgehead atoms. The van der Waals surface area contributed by atoms with Crippen LogP contribution in [0.1, 0.15) is 34.5 Å². The van der Waals surface area contributed by atoms with Crippen molar-refractivity contribution in [3.63, 3.8) is 0 Å². The van der Waals surface area contributed by atoms with E-state index in [1.54, 1.807) is 6.20 Å². The molecular weight excluding hydrogens is 268 g/mol. The van der Waals surface area contributed by atoms with E-state index in [0.29, 0.717) is 38.6 Å². The molecule has 0 unspecified atom stereocenters. The Morgan fingerprint density at radius 3 is 2.62 bits per heavy atom. The Bertz CT molecular complexity index is 528. The number of piperidine rings is 1. The van der Waals surface area contributed by atoms with Crippen molar-refractivity contribution in [1.29, 1.82) is 0 Å². The van der Waals surface area contributed by atoms with Crippen LogP contribution in [0.5, 0.6) is 0 Å². The topological polar surface area (TPSA) is 51.7 Å². The number of hydrogen-bond acceptors (Lipinski definition) is 4. The smallest absolute Gasteiger partial charge is 0.272 e. The van der Waals surface area contributed by atoms with Crippen molar-refractivity contribution < 1.29 is 14.3 Å². The third-order valence-electron chi connectivity index (χ3n) is 4.55. The van der Waals surface area contributed by atoms with Crippen molar-refractivity contribution in [3.05, 3.63) is 29.1 Å². The summed E-state index contributed by atoms with van der Waals surface area (Å²) in [5.41, 5.74) is 2.57. The Morgan fingerprint density at radius 2 is 2.00 bits per heavy atom. The number of hydrogen-bond donors (Lipinski definition) is 0. The molecule has 0 radical (unpaired) electrons. The summed E-state index contributed by atoms with van der Waals surface area (Å²) in [5.74, 6) is 0.0182. The van der Waals surface area contributed by atoms with E-state index < -0.39 is 0 Å². The van der Waals surface area contributed by atoms with Gasteiger partial charge in [-0.2, -0.15) is 0 Å². The van der Waals surface area contributed by atoms with Gasteiger partial charge in [-0.25, -0.2) is 0 Å². The number of likely N-dealkylation sites (tertiary alicyclic amines) is 1. The number of nitrogens with zero attached hydrogens (tertiary/aromatic N) is 2. The number of ether oxygens (including phenoxy) is 2. The number of carbonyl (C=O) groups is 1. The van der Waals surface area contributed by atoms with Crippen molar-refractivity contribution in [2.24, 2.45) is 0 Å². The van der Waals surface area contributed by atoms with Crippen molar-refractivity contribution in [2.75, 3.05) is 32.9 Å². The predicted molar refractivity (Wildman–Crippen MR) is 78.4 cm³/mol. The van der Waals surface area contributed by atoms with Gasteiger partial charge in [-0.3, -0.25) is 9.78 Å². The van der Waals surface area contributed by atoms with Crippen LogP contribution in [0, 0.1) is 13.8 Å². The molecule has 1 spiro atoms. The third-order valence-corrected chi connectivity index (χ3v) is 4.55. The number of rotatable bonds is 1. The average molecular weight is 290 g/mol. The minimum atomic E-state index is -0.175.